The van der Waals surface area contributed by atoms with Gasteiger partial charge >= 0.3 is 6.03 Å². The number of rotatable bonds is 3. The Morgan fingerprint density at radius 1 is 1.21 bits per heavy atom. The van der Waals surface area contributed by atoms with Crippen molar-refractivity contribution in [3.63, 3.8) is 0 Å². The highest BCUT2D eigenvalue weighted by molar-refractivity contribution is 7.18. The van der Waals surface area contributed by atoms with E-state index in [1.165, 1.54) is 11.3 Å². The minimum absolute atomic E-state index is 0.00153. The van der Waals surface area contributed by atoms with Crippen molar-refractivity contribution in [3.05, 3.63) is 69.6 Å². The normalized spacial score (nSPS) is 18.1. The first-order chi connectivity index (χ1) is 16.2. The molecular weight excluding hydrogens is 436 g/mol. The Morgan fingerprint density at radius 3 is 2.97 bits per heavy atom. The van der Waals surface area contributed by atoms with Gasteiger partial charge < -0.3 is 15.0 Å². The molecule has 33 heavy (non-hydrogen) atoms. The Morgan fingerprint density at radius 2 is 2.09 bits per heavy atom. The molecule has 1 N–H and O–H groups in total. The number of carbonyl (C=O) groups is 1. The van der Waals surface area contributed by atoms with E-state index in [0.717, 1.165) is 51.2 Å². The molecule has 4 heterocycles. The lowest BCUT2D eigenvalue weighted by molar-refractivity contribution is 0.0960. The summed E-state index contributed by atoms with van der Waals surface area (Å²) in [7, 11) is 0. The van der Waals surface area contributed by atoms with Crippen molar-refractivity contribution in [3.8, 4) is 0 Å². The van der Waals surface area contributed by atoms with Crippen LogP contribution >= 0.6 is 11.3 Å². The minimum atomic E-state index is -0.127. The molecule has 4 aromatic rings. The van der Waals surface area contributed by atoms with Crippen LogP contribution in [0.1, 0.15) is 23.3 Å². The second-order valence-corrected chi connectivity index (χ2v) is 9.73. The third-order valence-corrected chi connectivity index (χ3v) is 7.69. The summed E-state index contributed by atoms with van der Waals surface area (Å²) in [6.07, 6.45) is 4.40. The summed E-state index contributed by atoms with van der Waals surface area (Å²) in [6.45, 7) is 2.36. The first-order valence-electron chi connectivity index (χ1n) is 11.3. The van der Waals surface area contributed by atoms with Gasteiger partial charge in [0.25, 0.3) is 5.56 Å². The van der Waals surface area contributed by atoms with Crippen molar-refractivity contribution in [2.45, 2.75) is 38.5 Å². The highest BCUT2D eigenvalue weighted by Crippen LogP contribution is 2.33. The fourth-order valence-corrected chi connectivity index (χ4v) is 6.05. The van der Waals surface area contributed by atoms with E-state index in [4.69, 9.17) is 4.74 Å². The zero-order valence-corrected chi connectivity index (χ0v) is 18.9. The van der Waals surface area contributed by atoms with Gasteiger partial charge in [-0.2, -0.15) is 0 Å². The highest BCUT2D eigenvalue weighted by atomic mass is 32.1. The zero-order chi connectivity index (χ0) is 22.4. The largest absolute Gasteiger partial charge is 0.376 e. The summed E-state index contributed by atoms with van der Waals surface area (Å²) < 4.78 is 7.38. The van der Waals surface area contributed by atoms with Crippen LogP contribution in [-0.2, 0) is 24.2 Å². The number of carbonyl (C=O) groups excluding carboxylic acids is 1. The molecule has 0 unspecified atom stereocenters. The number of benzene rings is 2. The fourth-order valence-electron chi connectivity index (χ4n) is 4.86. The molecule has 0 saturated carbocycles. The summed E-state index contributed by atoms with van der Waals surface area (Å²) in [5.41, 5.74) is 1.85. The molecule has 168 valence electrons. The molecule has 2 aliphatic rings. The first-order valence-corrected chi connectivity index (χ1v) is 12.1. The molecule has 1 atom stereocenters. The van der Waals surface area contributed by atoms with Crippen molar-refractivity contribution in [1.82, 2.24) is 14.5 Å². The highest BCUT2D eigenvalue weighted by Gasteiger charge is 2.27. The number of ether oxygens (including phenoxy) is 1. The van der Waals surface area contributed by atoms with Crippen LogP contribution in [0, 0.1) is 0 Å². The van der Waals surface area contributed by atoms with Crippen molar-refractivity contribution in [2.75, 3.05) is 18.5 Å². The summed E-state index contributed by atoms with van der Waals surface area (Å²) in [5, 5.41) is 5.90. The van der Waals surface area contributed by atoms with E-state index in [-0.39, 0.29) is 17.7 Å². The average Bonchev–Trinajstić information content (AvgIpc) is 3.48. The predicted octanol–water partition coefficient (Wildman–Crippen LogP) is 4.38. The maximum atomic E-state index is 13.2. The minimum Gasteiger partial charge on any atom is -0.376 e. The van der Waals surface area contributed by atoms with Gasteiger partial charge in [-0.05, 0) is 36.3 Å². The number of anilines is 1. The number of thiophene rings is 1. The van der Waals surface area contributed by atoms with Gasteiger partial charge in [0.1, 0.15) is 4.83 Å². The number of hydrogen-bond acceptors (Lipinski definition) is 5. The lowest BCUT2D eigenvalue weighted by atomic mass is 10.1. The SMILES string of the molecule is O=C(Nc1cccc2ccccc12)N1CCc2c(sc3ncn(C[C@@H]4CCCO4)c(=O)c23)C1. The van der Waals surface area contributed by atoms with Crippen molar-refractivity contribution in [1.29, 1.82) is 0 Å². The van der Waals surface area contributed by atoms with E-state index in [1.54, 1.807) is 10.9 Å². The molecule has 0 aliphatic carbocycles. The third kappa shape index (κ3) is 3.69. The standard InChI is InChI=1S/C25H24N4O3S/c30-24-22-19-10-11-28(25(31)27-20-9-3-6-16-5-1-2-8-18(16)20)14-21(19)33-23(22)26-15-29(24)13-17-7-4-12-32-17/h1-3,5-6,8-9,15,17H,4,7,10-14H2,(H,27,31)/t17-/m0/s1. The van der Waals surface area contributed by atoms with Gasteiger partial charge in [0.15, 0.2) is 0 Å². The topological polar surface area (TPSA) is 76.5 Å². The molecule has 2 aromatic heterocycles. The van der Waals surface area contributed by atoms with Crippen LogP contribution < -0.4 is 10.9 Å². The number of urea groups is 1. The number of nitrogens with zero attached hydrogens (tertiary/aromatic N) is 3. The summed E-state index contributed by atoms with van der Waals surface area (Å²) in [4.78, 5) is 34.5. The van der Waals surface area contributed by atoms with Crippen molar-refractivity contribution < 1.29 is 9.53 Å². The van der Waals surface area contributed by atoms with Crippen LogP contribution in [0.5, 0.6) is 0 Å². The number of fused-ring (bicyclic) bond motifs is 4. The quantitative estimate of drug-likeness (QED) is 0.492. The van der Waals surface area contributed by atoms with Gasteiger partial charge in [0, 0.05) is 23.4 Å². The Bertz CT molecular complexity index is 1420. The van der Waals surface area contributed by atoms with Crippen molar-refractivity contribution >= 4 is 44.0 Å². The second kappa shape index (κ2) is 8.28. The van der Waals surface area contributed by atoms with E-state index >= 15 is 0 Å². The number of hydrogen-bond donors (Lipinski definition) is 1. The monoisotopic (exact) mass is 460 g/mol. The Hall–Kier alpha value is -3.23. The maximum absolute atomic E-state index is 13.2. The van der Waals surface area contributed by atoms with Crippen LogP contribution in [0.25, 0.3) is 21.0 Å². The van der Waals surface area contributed by atoms with Gasteiger partial charge in [-0.15, -0.1) is 11.3 Å². The molecule has 2 aliphatic heterocycles. The summed E-state index contributed by atoms with van der Waals surface area (Å²) >= 11 is 1.52. The average molecular weight is 461 g/mol. The molecule has 2 amide bonds. The number of nitrogens with one attached hydrogen (secondary N) is 1. The van der Waals surface area contributed by atoms with Gasteiger partial charge in [0.2, 0.25) is 0 Å². The van der Waals surface area contributed by atoms with E-state index in [0.29, 0.717) is 31.4 Å². The van der Waals surface area contributed by atoms with E-state index in [9.17, 15) is 9.59 Å². The van der Waals surface area contributed by atoms with Crippen LogP contribution in [0.2, 0.25) is 0 Å². The Kier molecular flexibility index (Phi) is 5.11. The van der Waals surface area contributed by atoms with Gasteiger partial charge in [-0.1, -0.05) is 36.4 Å². The smallest absolute Gasteiger partial charge is 0.322 e. The molecule has 6 rings (SSSR count). The van der Waals surface area contributed by atoms with Crippen molar-refractivity contribution in [2.24, 2.45) is 0 Å². The van der Waals surface area contributed by atoms with Gasteiger partial charge in [-0.25, -0.2) is 9.78 Å². The zero-order valence-electron chi connectivity index (χ0n) is 18.1. The molecule has 0 spiro atoms. The van der Waals surface area contributed by atoms with Crippen LogP contribution in [0.4, 0.5) is 10.5 Å². The molecule has 7 nitrogen and oxygen atoms in total. The fraction of sp³-hybridized carbons (Fsp3) is 0.320. The molecule has 2 aromatic carbocycles. The second-order valence-electron chi connectivity index (χ2n) is 8.65. The van der Waals surface area contributed by atoms with E-state index in [2.05, 4.69) is 10.3 Å². The number of amides is 2. The molecular formula is C25H24N4O3S. The lowest BCUT2D eigenvalue weighted by Crippen LogP contribution is -2.38. The predicted molar refractivity (Wildman–Crippen MR) is 130 cm³/mol. The van der Waals surface area contributed by atoms with E-state index in [1.807, 2.05) is 47.4 Å². The number of aromatic nitrogens is 2. The molecule has 8 heteroatoms. The van der Waals surface area contributed by atoms with Crippen LogP contribution in [-0.4, -0.2) is 39.7 Å². The lowest BCUT2D eigenvalue weighted by Gasteiger charge is -2.27. The van der Waals surface area contributed by atoms with Crippen LogP contribution in [0.15, 0.2) is 53.6 Å². The Balaban J connectivity index is 1.25. The van der Waals surface area contributed by atoms with Gasteiger partial charge in [0.05, 0.1) is 36.6 Å². The molecule has 1 saturated heterocycles. The first kappa shape index (κ1) is 20.4. The molecule has 1 fully saturated rings. The van der Waals surface area contributed by atoms with E-state index < -0.39 is 0 Å². The Labute approximate surface area is 194 Å². The maximum Gasteiger partial charge on any atom is 0.322 e. The van der Waals surface area contributed by atoms with Gasteiger partial charge in [-0.3, -0.25) is 9.36 Å². The summed E-state index contributed by atoms with van der Waals surface area (Å²) in [5.74, 6) is 0. The summed E-state index contributed by atoms with van der Waals surface area (Å²) in [6, 6.07) is 13.8. The van der Waals surface area contributed by atoms with Crippen LogP contribution in [0.3, 0.4) is 0 Å². The third-order valence-electron chi connectivity index (χ3n) is 6.57. The molecule has 0 bridgehead atoms. The molecule has 0 radical (unpaired) electrons.